The van der Waals surface area contributed by atoms with Gasteiger partial charge in [0.1, 0.15) is 0 Å². The lowest BCUT2D eigenvalue weighted by atomic mass is 10.1. The van der Waals surface area contributed by atoms with Gasteiger partial charge < -0.3 is 15.7 Å². The van der Waals surface area contributed by atoms with Crippen molar-refractivity contribution in [2.75, 3.05) is 11.9 Å². The predicted molar refractivity (Wildman–Crippen MR) is 83.2 cm³/mol. The van der Waals surface area contributed by atoms with E-state index in [-0.39, 0.29) is 24.0 Å². The van der Waals surface area contributed by atoms with Crippen LogP contribution in [-0.2, 0) is 4.79 Å². The summed E-state index contributed by atoms with van der Waals surface area (Å²) in [5.41, 5.74) is 0.941. The normalized spacial score (nSPS) is 11.0. The van der Waals surface area contributed by atoms with Gasteiger partial charge in [-0.15, -0.1) is 0 Å². The lowest BCUT2D eigenvalue weighted by Crippen LogP contribution is -2.40. The van der Waals surface area contributed by atoms with Crippen LogP contribution in [0, 0.1) is 0 Å². The summed E-state index contributed by atoms with van der Waals surface area (Å²) < 4.78 is 0. The third-order valence-corrected chi connectivity index (χ3v) is 2.73. The Hall–Kier alpha value is -1.88. The van der Waals surface area contributed by atoms with E-state index in [1.54, 1.807) is 24.3 Å². The molecule has 3 N–H and O–H groups in total. The van der Waals surface area contributed by atoms with E-state index in [2.05, 4.69) is 10.6 Å². The Morgan fingerprint density at radius 3 is 2.24 bits per heavy atom. The zero-order valence-electron chi connectivity index (χ0n) is 12.9. The van der Waals surface area contributed by atoms with E-state index in [0.717, 1.165) is 0 Å². The minimum atomic E-state index is -0.281. The van der Waals surface area contributed by atoms with Gasteiger partial charge in [-0.3, -0.25) is 9.59 Å². The van der Waals surface area contributed by atoms with Crippen molar-refractivity contribution < 1.29 is 14.7 Å². The molecule has 0 unspecified atom stereocenters. The SMILES string of the molecule is CC(C)(C)NC(=O)c1ccc(NC(=O)CCCCO)cc1. The molecule has 0 fully saturated rings. The number of nitrogens with one attached hydrogen (secondary N) is 2. The molecule has 0 saturated carbocycles. The second-order valence-corrected chi connectivity index (χ2v) is 6.01. The standard InChI is InChI=1S/C16H24N2O3/c1-16(2,3)18-15(21)12-7-9-13(10-8-12)17-14(20)6-4-5-11-19/h7-10,19H,4-6,11H2,1-3H3,(H,17,20)(H,18,21). The van der Waals surface area contributed by atoms with Crippen molar-refractivity contribution in [1.29, 1.82) is 0 Å². The van der Waals surface area contributed by atoms with Gasteiger partial charge in [0.25, 0.3) is 5.91 Å². The fraction of sp³-hybridized carbons (Fsp3) is 0.500. The van der Waals surface area contributed by atoms with Crippen molar-refractivity contribution in [3.05, 3.63) is 29.8 Å². The van der Waals surface area contributed by atoms with Crippen LogP contribution in [0.25, 0.3) is 0 Å². The van der Waals surface area contributed by atoms with E-state index in [0.29, 0.717) is 30.5 Å². The number of amides is 2. The maximum atomic E-state index is 11.9. The molecule has 21 heavy (non-hydrogen) atoms. The second kappa shape index (κ2) is 7.78. The summed E-state index contributed by atoms with van der Waals surface area (Å²) >= 11 is 0. The Bertz CT molecular complexity index is 475. The van der Waals surface area contributed by atoms with Crippen molar-refractivity contribution >= 4 is 17.5 Å². The maximum Gasteiger partial charge on any atom is 0.251 e. The Morgan fingerprint density at radius 2 is 1.71 bits per heavy atom. The summed E-state index contributed by atoms with van der Waals surface area (Å²) in [6.07, 6.45) is 1.67. The molecule has 1 aromatic carbocycles. The lowest BCUT2D eigenvalue weighted by molar-refractivity contribution is -0.116. The highest BCUT2D eigenvalue weighted by Gasteiger charge is 2.15. The second-order valence-electron chi connectivity index (χ2n) is 6.01. The van der Waals surface area contributed by atoms with Crippen LogP contribution < -0.4 is 10.6 Å². The molecular weight excluding hydrogens is 268 g/mol. The third kappa shape index (κ3) is 6.90. The highest BCUT2D eigenvalue weighted by molar-refractivity contribution is 5.96. The minimum Gasteiger partial charge on any atom is -0.396 e. The van der Waals surface area contributed by atoms with Crippen molar-refractivity contribution in [2.45, 2.75) is 45.6 Å². The van der Waals surface area contributed by atoms with Crippen LogP contribution in [0.15, 0.2) is 24.3 Å². The van der Waals surface area contributed by atoms with Crippen LogP contribution in [-0.4, -0.2) is 29.1 Å². The molecule has 1 rings (SSSR count). The molecule has 0 aromatic heterocycles. The fourth-order valence-corrected chi connectivity index (χ4v) is 1.74. The van der Waals surface area contributed by atoms with Gasteiger partial charge in [0, 0.05) is 29.8 Å². The van der Waals surface area contributed by atoms with E-state index in [1.807, 2.05) is 20.8 Å². The molecule has 0 aliphatic heterocycles. The zero-order chi connectivity index (χ0) is 15.9. The molecule has 1 aromatic rings. The Morgan fingerprint density at radius 1 is 1.10 bits per heavy atom. The molecule has 0 radical (unpaired) electrons. The van der Waals surface area contributed by atoms with Gasteiger partial charge in [0.15, 0.2) is 0 Å². The van der Waals surface area contributed by atoms with Crippen LogP contribution in [0.3, 0.4) is 0 Å². The summed E-state index contributed by atoms with van der Waals surface area (Å²) in [5, 5.41) is 14.3. The zero-order valence-corrected chi connectivity index (χ0v) is 12.9. The Balaban J connectivity index is 2.54. The molecule has 0 spiro atoms. The Kier molecular flexibility index (Phi) is 6.37. The van der Waals surface area contributed by atoms with Gasteiger partial charge in [0.05, 0.1) is 0 Å². The molecule has 0 aliphatic rings. The predicted octanol–water partition coefficient (Wildman–Crippen LogP) is 2.32. The van der Waals surface area contributed by atoms with E-state index < -0.39 is 0 Å². The monoisotopic (exact) mass is 292 g/mol. The van der Waals surface area contributed by atoms with Gasteiger partial charge >= 0.3 is 0 Å². The third-order valence-electron chi connectivity index (χ3n) is 2.73. The number of aliphatic hydroxyl groups excluding tert-OH is 1. The Labute approximate surface area is 125 Å². The molecule has 5 heteroatoms. The average Bonchev–Trinajstić information content (AvgIpc) is 2.38. The average molecular weight is 292 g/mol. The van der Waals surface area contributed by atoms with Crippen molar-refractivity contribution in [3.8, 4) is 0 Å². The number of benzene rings is 1. The molecule has 0 heterocycles. The summed E-state index contributed by atoms with van der Waals surface area (Å²) in [4.78, 5) is 23.6. The molecule has 0 bridgehead atoms. The summed E-state index contributed by atoms with van der Waals surface area (Å²) in [7, 11) is 0. The highest BCUT2D eigenvalue weighted by atomic mass is 16.3. The minimum absolute atomic E-state index is 0.0876. The van der Waals surface area contributed by atoms with Crippen molar-refractivity contribution in [1.82, 2.24) is 5.32 Å². The quantitative estimate of drug-likeness (QED) is 0.704. The molecule has 0 saturated heterocycles. The largest absolute Gasteiger partial charge is 0.396 e. The van der Waals surface area contributed by atoms with Crippen LogP contribution in [0.2, 0.25) is 0 Å². The van der Waals surface area contributed by atoms with E-state index in [1.165, 1.54) is 0 Å². The number of carbonyl (C=O) groups is 2. The topological polar surface area (TPSA) is 78.4 Å². The highest BCUT2D eigenvalue weighted by Crippen LogP contribution is 2.12. The summed E-state index contributed by atoms with van der Waals surface area (Å²) in [6, 6.07) is 6.79. The van der Waals surface area contributed by atoms with E-state index in [9.17, 15) is 9.59 Å². The number of rotatable bonds is 6. The van der Waals surface area contributed by atoms with Gasteiger partial charge in [-0.2, -0.15) is 0 Å². The fourth-order valence-electron chi connectivity index (χ4n) is 1.74. The summed E-state index contributed by atoms with van der Waals surface area (Å²) in [5.74, 6) is -0.223. The molecule has 2 amide bonds. The lowest BCUT2D eigenvalue weighted by Gasteiger charge is -2.20. The molecule has 0 aliphatic carbocycles. The van der Waals surface area contributed by atoms with E-state index in [4.69, 9.17) is 5.11 Å². The number of aliphatic hydroxyl groups is 1. The number of hydrogen-bond acceptors (Lipinski definition) is 3. The molecule has 116 valence electrons. The number of anilines is 1. The number of hydrogen-bond donors (Lipinski definition) is 3. The van der Waals surface area contributed by atoms with Crippen LogP contribution in [0.4, 0.5) is 5.69 Å². The van der Waals surface area contributed by atoms with E-state index >= 15 is 0 Å². The molecular formula is C16H24N2O3. The summed E-state index contributed by atoms with van der Waals surface area (Å²) in [6.45, 7) is 5.87. The van der Waals surface area contributed by atoms with Crippen LogP contribution >= 0.6 is 0 Å². The first-order valence-corrected chi connectivity index (χ1v) is 7.15. The van der Waals surface area contributed by atoms with Gasteiger partial charge in [-0.1, -0.05) is 0 Å². The van der Waals surface area contributed by atoms with Crippen molar-refractivity contribution in [2.24, 2.45) is 0 Å². The first-order chi connectivity index (χ1) is 9.81. The van der Waals surface area contributed by atoms with Gasteiger partial charge in [-0.25, -0.2) is 0 Å². The first kappa shape index (κ1) is 17.2. The number of unbranched alkanes of at least 4 members (excludes halogenated alkanes) is 1. The maximum absolute atomic E-state index is 11.9. The smallest absolute Gasteiger partial charge is 0.251 e. The first-order valence-electron chi connectivity index (χ1n) is 7.15. The van der Waals surface area contributed by atoms with Gasteiger partial charge in [0.2, 0.25) is 5.91 Å². The van der Waals surface area contributed by atoms with Crippen LogP contribution in [0.5, 0.6) is 0 Å². The van der Waals surface area contributed by atoms with Gasteiger partial charge in [-0.05, 0) is 57.9 Å². The number of carbonyl (C=O) groups excluding carboxylic acids is 2. The van der Waals surface area contributed by atoms with Crippen molar-refractivity contribution in [3.63, 3.8) is 0 Å². The van der Waals surface area contributed by atoms with Crippen LogP contribution in [0.1, 0.15) is 50.4 Å². The molecule has 0 atom stereocenters. The molecule has 5 nitrogen and oxygen atoms in total.